The molecular formula is C28H25F3N4O2. The van der Waals surface area contributed by atoms with Gasteiger partial charge in [-0.05, 0) is 62.0 Å². The minimum atomic E-state index is -4.50. The molecule has 0 bridgehead atoms. The van der Waals surface area contributed by atoms with Crippen LogP contribution in [0.5, 0.6) is 5.75 Å². The van der Waals surface area contributed by atoms with Gasteiger partial charge >= 0.3 is 6.18 Å². The first-order valence-corrected chi connectivity index (χ1v) is 11.8. The highest BCUT2D eigenvalue weighted by Crippen LogP contribution is 2.38. The number of hydrogen-bond acceptors (Lipinski definition) is 5. The number of nitriles is 1. The average Bonchev–Trinajstić information content (AvgIpc) is 3.16. The van der Waals surface area contributed by atoms with Crippen LogP contribution in [0.1, 0.15) is 24.0 Å². The van der Waals surface area contributed by atoms with Gasteiger partial charge in [0.1, 0.15) is 11.5 Å². The van der Waals surface area contributed by atoms with Gasteiger partial charge in [0.2, 0.25) is 0 Å². The summed E-state index contributed by atoms with van der Waals surface area (Å²) in [4.78, 5) is 21.3. The summed E-state index contributed by atoms with van der Waals surface area (Å²) >= 11 is 0. The van der Waals surface area contributed by atoms with E-state index < -0.39 is 17.6 Å². The van der Waals surface area contributed by atoms with E-state index in [1.807, 2.05) is 7.05 Å². The third-order valence-corrected chi connectivity index (χ3v) is 5.87. The van der Waals surface area contributed by atoms with Crippen molar-refractivity contribution in [2.75, 3.05) is 31.6 Å². The minimum Gasteiger partial charge on any atom is -0.494 e. The Kier molecular flexibility index (Phi) is 7.89. The van der Waals surface area contributed by atoms with Crippen LogP contribution in [0.4, 0.5) is 30.2 Å². The van der Waals surface area contributed by atoms with E-state index in [2.05, 4.69) is 16.0 Å². The predicted molar refractivity (Wildman–Crippen MR) is 136 cm³/mol. The number of ether oxygens (including phenoxy) is 1. The Labute approximate surface area is 213 Å². The number of para-hydroxylation sites is 1. The number of anilines is 2. The van der Waals surface area contributed by atoms with Crippen LogP contribution in [0.15, 0.2) is 77.8 Å². The molecule has 1 aliphatic heterocycles. The molecule has 1 aliphatic rings. The van der Waals surface area contributed by atoms with E-state index in [9.17, 15) is 18.0 Å². The highest BCUT2D eigenvalue weighted by atomic mass is 19.4. The Morgan fingerprint density at radius 1 is 1.03 bits per heavy atom. The van der Waals surface area contributed by atoms with E-state index in [0.29, 0.717) is 35.7 Å². The SMILES string of the molecule is CN(CCC#N)CCCOc1ccc(N2C(=O)C(=Nc3cccc(C(F)(F)F)c3)c3ccccc32)cc1. The van der Waals surface area contributed by atoms with Crippen molar-refractivity contribution in [1.29, 1.82) is 5.26 Å². The molecule has 0 spiro atoms. The van der Waals surface area contributed by atoms with Crippen molar-refractivity contribution in [2.24, 2.45) is 4.99 Å². The lowest BCUT2D eigenvalue weighted by Gasteiger charge is -2.18. The molecule has 190 valence electrons. The molecule has 1 amide bonds. The smallest absolute Gasteiger partial charge is 0.416 e. The number of amides is 1. The van der Waals surface area contributed by atoms with Crippen molar-refractivity contribution in [3.05, 3.63) is 83.9 Å². The fourth-order valence-electron chi connectivity index (χ4n) is 4.01. The Morgan fingerprint density at radius 2 is 1.78 bits per heavy atom. The number of nitrogens with zero attached hydrogens (tertiary/aromatic N) is 4. The molecule has 6 nitrogen and oxygen atoms in total. The molecular weight excluding hydrogens is 481 g/mol. The van der Waals surface area contributed by atoms with Gasteiger partial charge in [-0.3, -0.25) is 9.69 Å². The molecule has 0 unspecified atom stereocenters. The standard InChI is InChI=1S/C28H25F3N4O2/c1-34(16-5-15-32)17-6-18-37-23-13-11-22(12-14-23)35-25-10-3-2-9-24(25)26(27(35)36)33-21-8-4-7-20(19-21)28(29,30)31/h2-4,7-14,19H,5-6,16-18H2,1H3. The van der Waals surface area contributed by atoms with Crippen LogP contribution in [0.2, 0.25) is 0 Å². The second kappa shape index (κ2) is 11.3. The maximum atomic E-state index is 13.4. The van der Waals surface area contributed by atoms with E-state index >= 15 is 0 Å². The number of benzene rings is 3. The van der Waals surface area contributed by atoms with E-state index in [4.69, 9.17) is 10.00 Å². The molecule has 0 saturated carbocycles. The van der Waals surface area contributed by atoms with Crippen LogP contribution < -0.4 is 9.64 Å². The second-order valence-electron chi connectivity index (χ2n) is 8.57. The Hall–Kier alpha value is -4.16. The van der Waals surface area contributed by atoms with Crippen LogP contribution in [0.3, 0.4) is 0 Å². The van der Waals surface area contributed by atoms with Crippen LogP contribution >= 0.6 is 0 Å². The number of carbonyl (C=O) groups is 1. The van der Waals surface area contributed by atoms with Crippen LogP contribution in [-0.2, 0) is 11.0 Å². The Balaban J connectivity index is 1.50. The monoisotopic (exact) mass is 506 g/mol. The summed E-state index contributed by atoms with van der Waals surface area (Å²) in [5.41, 5.74) is 1.05. The molecule has 3 aromatic carbocycles. The van der Waals surface area contributed by atoms with E-state index in [-0.39, 0.29) is 11.4 Å². The van der Waals surface area contributed by atoms with E-state index in [0.717, 1.165) is 31.6 Å². The second-order valence-corrected chi connectivity index (χ2v) is 8.57. The number of alkyl halides is 3. The molecule has 4 rings (SSSR count). The summed E-state index contributed by atoms with van der Waals surface area (Å²) in [6, 6.07) is 20.8. The molecule has 3 aromatic rings. The number of carbonyl (C=O) groups excluding carboxylic acids is 1. The lowest BCUT2D eigenvalue weighted by Crippen LogP contribution is -2.25. The lowest BCUT2D eigenvalue weighted by atomic mass is 10.1. The first-order valence-electron chi connectivity index (χ1n) is 11.8. The number of hydrogen-bond donors (Lipinski definition) is 0. The number of rotatable bonds is 9. The summed E-state index contributed by atoms with van der Waals surface area (Å²) in [6.45, 7) is 2.04. The fraction of sp³-hybridized carbons (Fsp3) is 0.250. The van der Waals surface area contributed by atoms with Crippen molar-refractivity contribution < 1.29 is 22.7 Å². The topological polar surface area (TPSA) is 68.9 Å². The first-order chi connectivity index (χ1) is 17.8. The molecule has 0 atom stereocenters. The van der Waals surface area contributed by atoms with Crippen molar-refractivity contribution in [2.45, 2.75) is 19.0 Å². The summed E-state index contributed by atoms with van der Waals surface area (Å²) in [7, 11) is 1.96. The molecule has 1 heterocycles. The highest BCUT2D eigenvalue weighted by Gasteiger charge is 2.35. The summed E-state index contributed by atoms with van der Waals surface area (Å²) in [6.07, 6.45) is -3.21. The number of fused-ring (bicyclic) bond motifs is 1. The maximum Gasteiger partial charge on any atom is 0.416 e. The Bertz CT molecular complexity index is 1330. The third kappa shape index (κ3) is 6.16. The number of aliphatic imine (C=N–C) groups is 1. The van der Waals surface area contributed by atoms with Gasteiger partial charge in [0, 0.05) is 30.8 Å². The zero-order valence-electron chi connectivity index (χ0n) is 20.2. The zero-order valence-corrected chi connectivity index (χ0v) is 20.2. The molecule has 0 aliphatic carbocycles. The Morgan fingerprint density at radius 3 is 2.51 bits per heavy atom. The van der Waals surface area contributed by atoms with Crippen LogP contribution in [-0.4, -0.2) is 43.3 Å². The van der Waals surface area contributed by atoms with Crippen molar-refractivity contribution in [1.82, 2.24) is 4.90 Å². The molecule has 0 fully saturated rings. The molecule has 37 heavy (non-hydrogen) atoms. The molecule has 0 N–H and O–H groups in total. The molecule has 0 radical (unpaired) electrons. The van der Waals surface area contributed by atoms with Gasteiger partial charge in [0.25, 0.3) is 5.91 Å². The highest BCUT2D eigenvalue weighted by molar-refractivity contribution is 6.56. The first kappa shape index (κ1) is 25.9. The van der Waals surface area contributed by atoms with Gasteiger partial charge in [0.05, 0.1) is 29.6 Å². The van der Waals surface area contributed by atoms with Gasteiger partial charge in [-0.1, -0.05) is 24.3 Å². The molecule has 9 heteroatoms. The molecule has 0 aromatic heterocycles. The van der Waals surface area contributed by atoms with Crippen molar-refractivity contribution >= 4 is 28.7 Å². The largest absolute Gasteiger partial charge is 0.494 e. The predicted octanol–water partition coefficient (Wildman–Crippen LogP) is 6.12. The third-order valence-electron chi connectivity index (χ3n) is 5.87. The van der Waals surface area contributed by atoms with Gasteiger partial charge < -0.3 is 9.64 Å². The van der Waals surface area contributed by atoms with Crippen LogP contribution in [0, 0.1) is 11.3 Å². The average molecular weight is 507 g/mol. The lowest BCUT2D eigenvalue weighted by molar-refractivity contribution is -0.137. The maximum absolute atomic E-state index is 13.4. The zero-order chi connectivity index (χ0) is 26.4. The van der Waals surface area contributed by atoms with Gasteiger partial charge in [-0.2, -0.15) is 18.4 Å². The van der Waals surface area contributed by atoms with E-state index in [1.165, 1.54) is 17.0 Å². The van der Waals surface area contributed by atoms with Crippen molar-refractivity contribution in [3.8, 4) is 11.8 Å². The van der Waals surface area contributed by atoms with Gasteiger partial charge in [0.15, 0.2) is 0 Å². The van der Waals surface area contributed by atoms with Gasteiger partial charge in [-0.15, -0.1) is 0 Å². The summed E-state index contributed by atoms with van der Waals surface area (Å²) < 4.78 is 45.2. The normalized spacial score (nSPS) is 14.2. The fourth-order valence-corrected chi connectivity index (χ4v) is 4.01. The number of halogens is 3. The van der Waals surface area contributed by atoms with Crippen molar-refractivity contribution in [3.63, 3.8) is 0 Å². The van der Waals surface area contributed by atoms with Crippen LogP contribution in [0.25, 0.3) is 0 Å². The quantitative estimate of drug-likeness (QED) is 0.328. The minimum absolute atomic E-state index is 0.0526. The summed E-state index contributed by atoms with van der Waals surface area (Å²) in [5.74, 6) is 0.230. The summed E-state index contributed by atoms with van der Waals surface area (Å²) in [5, 5.41) is 8.65. The van der Waals surface area contributed by atoms with E-state index in [1.54, 1.807) is 48.5 Å². The molecule has 0 saturated heterocycles. The van der Waals surface area contributed by atoms with Gasteiger partial charge in [-0.25, -0.2) is 4.99 Å².